The lowest BCUT2D eigenvalue weighted by molar-refractivity contribution is -0.122. The summed E-state index contributed by atoms with van der Waals surface area (Å²) in [4.78, 5) is 13.1. The molecule has 0 bridgehead atoms. The Balaban J connectivity index is 1.81. The second-order valence-electron chi connectivity index (χ2n) is 8.44. The first-order valence-corrected chi connectivity index (χ1v) is 13.3. The molecule has 0 aliphatic heterocycles. The maximum Gasteiger partial charge on any atom is 0.243 e. The Morgan fingerprint density at radius 1 is 0.969 bits per heavy atom. The highest BCUT2D eigenvalue weighted by atomic mass is 35.5. The molecule has 32 heavy (non-hydrogen) atoms. The highest BCUT2D eigenvalue weighted by molar-refractivity contribution is 7.89. The van der Waals surface area contributed by atoms with Gasteiger partial charge in [0.25, 0.3) is 0 Å². The van der Waals surface area contributed by atoms with Crippen LogP contribution in [-0.2, 0) is 21.4 Å². The Labute approximate surface area is 201 Å². The number of amides is 1. The first kappa shape index (κ1) is 25.0. The third-order valence-corrected chi connectivity index (χ3v) is 8.34. The van der Waals surface area contributed by atoms with Gasteiger partial charge in [0.05, 0.1) is 21.5 Å². The summed E-state index contributed by atoms with van der Waals surface area (Å²) in [6, 6.07) is 11.7. The minimum atomic E-state index is -3.89. The van der Waals surface area contributed by atoms with Crippen molar-refractivity contribution in [2.45, 2.75) is 69.4 Å². The van der Waals surface area contributed by atoms with Crippen LogP contribution in [-0.4, -0.2) is 31.2 Å². The molecule has 0 spiro atoms. The number of rotatable bonds is 7. The van der Waals surface area contributed by atoms with E-state index in [1.807, 2.05) is 6.92 Å². The van der Waals surface area contributed by atoms with Gasteiger partial charge in [0, 0.05) is 12.6 Å². The minimum absolute atomic E-state index is 0.0190. The van der Waals surface area contributed by atoms with Crippen LogP contribution >= 0.6 is 23.2 Å². The number of carbonyl (C=O) groups excluding carboxylic acids is 1. The van der Waals surface area contributed by atoms with E-state index in [0.29, 0.717) is 15.6 Å². The zero-order valence-electron chi connectivity index (χ0n) is 18.3. The smallest absolute Gasteiger partial charge is 0.243 e. The maximum absolute atomic E-state index is 13.4. The number of halogens is 2. The zero-order valence-corrected chi connectivity index (χ0v) is 20.6. The molecule has 5 nitrogen and oxygen atoms in total. The fraction of sp³-hybridized carbons (Fsp3) is 0.458. The molecule has 0 saturated heterocycles. The van der Waals surface area contributed by atoms with Crippen LogP contribution in [0.1, 0.15) is 56.1 Å². The first-order valence-electron chi connectivity index (χ1n) is 11.1. The molecular formula is C24H30Cl2N2O3S. The predicted octanol–water partition coefficient (Wildman–Crippen LogP) is 5.72. The van der Waals surface area contributed by atoms with Crippen LogP contribution in [0.25, 0.3) is 0 Å². The average Bonchev–Trinajstić information content (AvgIpc) is 2.72. The van der Waals surface area contributed by atoms with E-state index in [2.05, 4.69) is 5.32 Å². The molecule has 1 fully saturated rings. The summed E-state index contributed by atoms with van der Waals surface area (Å²) in [6.07, 6.45) is 7.63. The van der Waals surface area contributed by atoms with Gasteiger partial charge in [0.15, 0.2) is 0 Å². The molecule has 2 aromatic rings. The summed E-state index contributed by atoms with van der Waals surface area (Å²) >= 11 is 12.1. The average molecular weight is 497 g/mol. The number of aryl methyl sites for hydroxylation is 1. The predicted molar refractivity (Wildman–Crippen MR) is 129 cm³/mol. The van der Waals surface area contributed by atoms with E-state index >= 15 is 0 Å². The first-order chi connectivity index (χ1) is 15.3. The number of nitrogens with zero attached hydrogens (tertiary/aromatic N) is 1. The summed E-state index contributed by atoms with van der Waals surface area (Å²) in [6.45, 7) is 1.66. The lowest BCUT2D eigenvalue weighted by Gasteiger charge is -2.25. The standard InChI is InChI=1S/C24H30Cl2N2O3S/c1-18-9-12-21(13-10-18)32(30,31)28(16-19-11-14-22(25)23(26)15-19)17-24(29)27-20-7-5-3-2-4-6-8-20/h9-15,20H,2-8,16-17H2,1H3,(H,27,29). The fourth-order valence-corrected chi connectivity index (χ4v) is 5.67. The number of benzene rings is 2. The number of sulfonamides is 1. The van der Waals surface area contributed by atoms with Crippen LogP contribution in [0.4, 0.5) is 0 Å². The largest absolute Gasteiger partial charge is 0.352 e. The molecule has 0 radical (unpaired) electrons. The summed E-state index contributed by atoms with van der Waals surface area (Å²) in [5.41, 5.74) is 1.62. The Morgan fingerprint density at radius 3 is 2.22 bits per heavy atom. The van der Waals surface area contributed by atoms with Crippen LogP contribution < -0.4 is 5.32 Å². The van der Waals surface area contributed by atoms with E-state index in [-0.39, 0.29) is 29.9 Å². The zero-order chi connectivity index (χ0) is 23.1. The van der Waals surface area contributed by atoms with Gasteiger partial charge in [0.1, 0.15) is 0 Å². The SMILES string of the molecule is Cc1ccc(S(=O)(=O)N(CC(=O)NC2CCCCCCC2)Cc2ccc(Cl)c(Cl)c2)cc1. The van der Waals surface area contributed by atoms with Crippen LogP contribution in [0.15, 0.2) is 47.4 Å². The Hall–Kier alpha value is -1.60. The Bertz CT molecular complexity index is 1020. The third kappa shape index (κ3) is 6.95. The molecule has 1 aliphatic rings. The molecule has 1 saturated carbocycles. The molecule has 0 heterocycles. The van der Waals surface area contributed by atoms with Crippen molar-refractivity contribution in [3.63, 3.8) is 0 Å². The lowest BCUT2D eigenvalue weighted by atomic mass is 9.97. The molecule has 174 valence electrons. The van der Waals surface area contributed by atoms with E-state index < -0.39 is 10.0 Å². The number of hydrogen-bond donors (Lipinski definition) is 1. The van der Waals surface area contributed by atoms with E-state index in [4.69, 9.17) is 23.2 Å². The van der Waals surface area contributed by atoms with Gasteiger partial charge in [-0.2, -0.15) is 4.31 Å². The molecule has 1 aliphatic carbocycles. The van der Waals surface area contributed by atoms with E-state index in [9.17, 15) is 13.2 Å². The van der Waals surface area contributed by atoms with Crippen molar-refractivity contribution in [3.8, 4) is 0 Å². The maximum atomic E-state index is 13.4. The molecule has 1 N–H and O–H groups in total. The second-order valence-corrected chi connectivity index (χ2v) is 11.2. The van der Waals surface area contributed by atoms with E-state index in [0.717, 1.165) is 31.2 Å². The molecule has 1 amide bonds. The summed E-state index contributed by atoms with van der Waals surface area (Å²) in [7, 11) is -3.89. The van der Waals surface area contributed by atoms with Crippen molar-refractivity contribution >= 4 is 39.1 Å². The molecule has 0 aromatic heterocycles. The highest BCUT2D eigenvalue weighted by Gasteiger charge is 2.28. The number of nitrogens with one attached hydrogen (secondary N) is 1. The van der Waals surface area contributed by atoms with Gasteiger partial charge in [-0.1, -0.05) is 79.1 Å². The topological polar surface area (TPSA) is 66.5 Å². The van der Waals surface area contributed by atoms with Crippen LogP contribution in [0.2, 0.25) is 10.0 Å². The van der Waals surface area contributed by atoms with Gasteiger partial charge >= 0.3 is 0 Å². The molecule has 0 unspecified atom stereocenters. The van der Waals surface area contributed by atoms with Gasteiger partial charge in [0.2, 0.25) is 15.9 Å². The normalized spacial score (nSPS) is 15.9. The summed E-state index contributed by atoms with van der Waals surface area (Å²) in [5, 5.41) is 3.80. The molecule has 0 atom stereocenters. The van der Waals surface area contributed by atoms with Gasteiger partial charge in [-0.25, -0.2) is 8.42 Å². The molecule has 8 heteroatoms. The quantitative estimate of drug-likeness (QED) is 0.532. The molecular weight excluding hydrogens is 467 g/mol. The van der Waals surface area contributed by atoms with Crippen LogP contribution in [0.3, 0.4) is 0 Å². The van der Waals surface area contributed by atoms with Gasteiger partial charge < -0.3 is 5.32 Å². The van der Waals surface area contributed by atoms with Crippen molar-refractivity contribution in [3.05, 3.63) is 63.6 Å². The van der Waals surface area contributed by atoms with Crippen molar-refractivity contribution in [1.82, 2.24) is 9.62 Å². The fourth-order valence-electron chi connectivity index (χ4n) is 3.96. The van der Waals surface area contributed by atoms with Crippen molar-refractivity contribution < 1.29 is 13.2 Å². The Morgan fingerprint density at radius 2 is 1.59 bits per heavy atom. The van der Waals surface area contributed by atoms with Gasteiger partial charge in [-0.15, -0.1) is 0 Å². The van der Waals surface area contributed by atoms with Crippen molar-refractivity contribution in [2.75, 3.05) is 6.54 Å². The van der Waals surface area contributed by atoms with Crippen molar-refractivity contribution in [2.24, 2.45) is 0 Å². The van der Waals surface area contributed by atoms with Gasteiger partial charge in [-0.05, 0) is 49.6 Å². The van der Waals surface area contributed by atoms with Crippen molar-refractivity contribution in [1.29, 1.82) is 0 Å². The number of hydrogen-bond acceptors (Lipinski definition) is 3. The number of carbonyl (C=O) groups is 1. The minimum Gasteiger partial charge on any atom is -0.352 e. The second kappa shape index (κ2) is 11.5. The van der Waals surface area contributed by atoms with E-state index in [1.165, 1.54) is 23.6 Å². The lowest BCUT2D eigenvalue weighted by Crippen LogP contribution is -2.44. The summed E-state index contributed by atoms with van der Waals surface area (Å²) < 4.78 is 28.0. The highest BCUT2D eigenvalue weighted by Crippen LogP contribution is 2.25. The van der Waals surface area contributed by atoms with E-state index in [1.54, 1.807) is 42.5 Å². The van der Waals surface area contributed by atoms with Crippen LogP contribution in [0, 0.1) is 6.92 Å². The third-order valence-electron chi connectivity index (χ3n) is 5.79. The monoisotopic (exact) mass is 496 g/mol. The molecule has 2 aromatic carbocycles. The van der Waals surface area contributed by atoms with Gasteiger partial charge in [-0.3, -0.25) is 4.79 Å². The summed E-state index contributed by atoms with van der Waals surface area (Å²) in [5.74, 6) is -0.286. The Kier molecular flexibility index (Phi) is 9.00. The molecule has 3 rings (SSSR count). The van der Waals surface area contributed by atoms with Crippen LogP contribution in [0.5, 0.6) is 0 Å².